The Morgan fingerprint density at radius 3 is 2.46 bits per heavy atom. The first-order valence-corrected chi connectivity index (χ1v) is 15.2. The monoisotopic (exact) mass is 570 g/mol. The van der Waals surface area contributed by atoms with Crippen LogP contribution in [0.3, 0.4) is 0 Å². The van der Waals surface area contributed by atoms with Crippen molar-refractivity contribution in [1.29, 1.82) is 5.26 Å². The second-order valence-corrected chi connectivity index (χ2v) is 12.9. The van der Waals surface area contributed by atoms with Gasteiger partial charge in [0.05, 0.1) is 17.3 Å². The van der Waals surface area contributed by atoms with Gasteiger partial charge in [-0.25, -0.2) is 9.97 Å². The average Bonchev–Trinajstić information content (AvgIpc) is 2.99. The van der Waals surface area contributed by atoms with Crippen LogP contribution >= 0.6 is 11.6 Å². The molecule has 3 aromatic rings. The summed E-state index contributed by atoms with van der Waals surface area (Å²) >= 11 is 6.27. The first-order valence-electron chi connectivity index (χ1n) is 14.8. The fourth-order valence-electron chi connectivity index (χ4n) is 6.77. The van der Waals surface area contributed by atoms with Crippen LogP contribution in [0.5, 0.6) is 5.75 Å². The van der Waals surface area contributed by atoms with Crippen LogP contribution in [-0.2, 0) is 12.0 Å². The molecule has 0 atom stereocenters. The molecule has 0 bridgehead atoms. The zero-order valence-corrected chi connectivity index (χ0v) is 24.8. The van der Waals surface area contributed by atoms with E-state index >= 15 is 0 Å². The summed E-state index contributed by atoms with van der Waals surface area (Å²) in [6, 6.07) is 18.5. The largest absolute Gasteiger partial charge is 0.487 e. The van der Waals surface area contributed by atoms with Crippen molar-refractivity contribution in [3.63, 3.8) is 0 Å². The van der Waals surface area contributed by atoms with Crippen LogP contribution in [0.15, 0.2) is 54.7 Å². The molecular formula is C33H39ClN6O. The molecule has 1 N–H and O–H groups in total. The van der Waals surface area contributed by atoms with Crippen LogP contribution in [0.25, 0.3) is 0 Å². The predicted molar refractivity (Wildman–Crippen MR) is 162 cm³/mol. The van der Waals surface area contributed by atoms with E-state index in [0.717, 1.165) is 60.7 Å². The standard InChI is InChI=1S/C33H39ClN6O/c1-32(2,26-17-24(22-35)18-27(34)19-26)25-3-5-30(6-4-25)41-23-28-7-10-37-31(38-28)40-15-13-39(14-16-40)29-20-33(21-29)8-11-36-12-9-33/h3-7,10,17-19,29,36H,8-9,11-16,20-21,23H2,1-2H3. The third-order valence-corrected chi connectivity index (χ3v) is 9.75. The van der Waals surface area contributed by atoms with Gasteiger partial charge in [-0.1, -0.05) is 37.6 Å². The highest BCUT2D eigenvalue weighted by atomic mass is 35.5. The molecule has 7 nitrogen and oxygen atoms in total. The fourth-order valence-corrected chi connectivity index (χ4v) is 7.01. The number of aromatic nitrogens is 2. The molecule has 0 radical (unpaired) electrons. The summed E-state index contributed by atoms with van der Waals surface area (Å²) in [5, 5.41) is 13.4. The quantitative estimate of drug-likeness (QED) is 0.398. The highest BCUT2D eigenvalue weighted by Crippen LogP contribution is 2.50. The maximum absolute atomic E-state index is 9.35. The van der Waals surface area contributed by atoms with Gasteiger partial charge >= 0.3 is 0 Å². The summed E-state index contributed by atoms with van der Waals surface area (Å²) in [5.41, 5.74) is 3.87. The number of nitrogens with one attached hydrogen (secondary N) is 1. The van der Waals surface area contributed by atoms with Gasteiger partial charge in [-0.3, -0.25) is 4.90 Å². The van der Waals surface area contributed by atoms with Gasteiger partial charge in [0.2, 0.25) is 5.95 Å². The Bertz CT molecular complexity index is 1400. The number of nitriles is 1. The van der Waals surface area contributed by atoms with Crippen LogP contribution in [0.1, 0.15) is 61.9 Å². The van der Waals surface area contributed by atoms with Gasteiger partial charge in [-0.2, -0.15) is 5.26 Å². The van der Waals surface area contributed by atoms with Crippen molar-refractivity contribution >= 4 is 17.5 Å². The minimum absolute atomic E-state index is 0.311. The van der Waals surface area contributed by atoms with E-state index in [1.54, 1.807) is 6.07 Å². The van der Waals surface area contributed by atoms with Crippen molar-refractivity contribution in [3.8, 4) is 11.8 Å². The Kier molecular flexibility index (Phi) is 7.91. The molecule has 3 heterocycles. The smallest absolute Gasteiger partial charge is 0.225 e. The topological polar surface area (TPSA) is 77.3 Å². The lowest BCUT2D eigenvalue weighted by molar-refractivity contribution is -0.0225. The molecule has 1 saturated carbocycles. The summed E-state index contributed by atoms with van der Waals surface area (Å²) in [6.45, 7) is 11.1. The number of benzene rings is 2. The average molecular weight is 571 g/mol. The number of ether oxygens (including phenoxy) is 1. The zero-order valence-electron chi connectivity index (χ0n) is 24.1. The van der Waals surface area contributed by atoms with Gasteiger partial charge in [0.1, 0.15) is 12.4 Å². The molecule has 2 aliphatic heterocycles. The predicted octanol–water partition coefficient (Wildman–Crippen LogP) is 5.56. The molecule has 1 aliphatic carbocycles. The van der Waals surface area contributed by atoms with Crippen molar-refractivity contribution in [2.75, 3.05) is 44.2 Å². The number of anilines is 1. The highest BCUT2D eigenvalue weighted by molar-refractivity contribution is 6.30. The Labute approximate surface area is 248 Å². The van der Waals surface area contributed by atoms with Crippen molar-refractivity contribution in [2.45, 2.75) is 57.6 Å². The Balaban J connectivity index is 1.02. The van der Waals surface area contributed by atoms with Gasteiger partial charge in [-0.15, -0.1) is 0 Å². The molecule has 0 amide bonds. The first kappa shape index (κ1) is 28.0. The first-order chi connectivity index (χ1) is 19.8. The number of hydrogen-bond acceptors (Lipinski definition) is 7. The van der Waals surface area contributed by atoms with E-state index in [1.807, 2.05) is 36.5 Å². The van der Waals surface area contributed by atoms with Crippen molar-refractivity contribution in [2.24, 2.45) is 5.41 Å². The SMILES string of the molecule is CC(C)(c1ccc(OCc2ccnc(N3CCN(C4CC5(CCNCC5)C4)CC3)n2)cc1)c1cc(Cl)cc(C#N)c1. The molecule has 214 valence electrons. The molecule has 2 saturated heterocycles. The lowest BCUT2D eigenvalue weighted by Gasteiger charge is -2.55. The van der Waals surface area contributed by atoms with Gasteiger partial charge < -0.3 is 15.0 Å². The van der Waals surface area contributed by atoms with Crippen LogP contribution in [0.4, 0.5) is 5.95 Å². The maximum atomic E-state index is 9.35. The van der Waals surface area contributed by atoms with Crippen LogP contribution in [-0.4, -0.2) is 60.2 Å². The summed E-state index contributed by atoms with van der Waals surface area (Å²) in [4.78, 5) is 14.4. The Hall–Kier alpha value is -3.18. The lowest BCUT2D eigenvalue weighted by atomic mass is 9.60. The van der Waals surface area contributed by atoms with Crippen LogP contribution < -0.4 is 15.0 Å². The van der Waals surface area contributed by atoms with Gasteiger partial charge in [0.25, 0.3) is 0 Å². The van der Waals surface area contributed by atoms with Gasteiger partial charge in [-0.05, 0) is 91.7 Å². The molecular weight excluding hydrogens is 532 g/mol. The maximum Gasteiger partial charge on any atom is 0.225 e. The van der Waals surface area contributed by atoms with E-state index in [0.29, 0.717) is 22.6 Å². The molecule has 8 heteroatoms. The molecule has 3 fully saturated rings. The van der Waals surface area contributed by atoms with E-state index in [-0.39, 0.29) is 5.41 Å². The number of piperazine rings is 1. The second kappa shape index (κ2) is 11.6. The summed E-state index contributed by atoms with van der Waals surface area (Å²) < 4.78 is 6.10. The molecule has 2 aromatic carbocycles. The highest BCUT2D eigenvalue weighted by Gasteiger charge is 2.47. The summed E-state index contributed by atoms with van der Waals surface area (Å²) in [6.07, 6.45) is 7.29. The summed E-state index contributed by atoms with van der Waals surface area (Å²) in [7, 11) is 0. The summed E-state index contributed by atoms with van der Waals surface area (Å²) in [5.74, 6) is 1.58. The molecule has 6 rings (SSSR count). The number of piperidine rings is 1. The molecule has 1 spiro atoms. The minimum atomic E-state index is -0.311. The van der Waals surface area contributed by atoms with E-state index in [9.17, 15) is 5.26 Å². The molecule has 1 aromatic heterocycles. The fraction of sp³-hybridized carbons (Fsp3) is 0.485. The van der Waals surface area contributed by atoms with E-state index in [4.69, 9.17) is 21.3 Å². The Morgan fingerprint density at radius 1 is 1.02 bits per heavy atom. The number of rotatable bonds is 7. The van der Waals surface area contributed by atoms with Crippen LogP contribution in [0.2, 0.25) is 5.02 Å². The van der Waals surface area contributed by atoms with Crippen molar-refractivity contribution in [1.82, 2.24) is 20.2 Å². The normalized spacial score (nSPS) is 19.5. The minimum Gasteiger partial charge on any atom is -0.487 e. The third kappa shape index (κ3) is 6.06. The molecule has 0 unspecified atom stereocenters. The van der Waals surface area contributed by atoms with Gasteiger partial charge in [0, 0.05) is 48.9 Å². The lowest BCUT2D eigenvalue weighted by Crippen LogP contribution is -2.59. The Morgan fingerprint density at radius 2 is 1.76 bits per heavy atom. The van der Waals surface area contributed by atoms with E-state index < -0.39 is 0 Å². The zero-order chi connectivity index (χ0) is 28.5. The molecule has 41 heavy (non-hydrogen) atoms. The van der Waals surface area contributed by atoms with Crippen molar-refractivity contribution in [3.05, 3.63) is 82.1 Å². The third-order valence-electron chi connectivity index (χ3n) is 9.53. The van der Waals surface area contributed by atoms with Crippen LogP contribution in [0, 0.1) is 16.7 Å². The second-order valence-electron chi connectivity index (χ2n) is 12.5. The number of halogens is 1. The number of hydrogen-bond donors (Lipinski definition) is 1. The van der Waals surface area contributed by atoms with E-state index in [1.165, 1.54) is 38.8 Å². The van der Waals surface area contributed by atoms with Gasteiger partial charge in [0.15, 0.2) is 0 Å². The molecule has 3 aliphatic rings. The van der Waals surface area contributed by atoms with Crippen molar-refractivity contribution < 1.29 is 4.74 Å². The number of nitrogens with zero attached hydrogens (tertiary/aromatic N) is 5. The van der Waals surface area contributed by atoms with E-state index in [2.05, 4.69) is 52.2 Å².